The lowest BCUT2D eigenvalue weighted by atomic mass is 10.1. The summed E-state index contributed by atoms with van der Waals surface area (Å²) in [6, 6.07) is 11.5. The number of nitrogens with one attached hydrogen (secondary N) is 1. The summed E-state index contributed by atoms with van der Waals surface area (Å²) in [5.41, 5.74) is 4.16. The Morgan fingerprint density at radius 1 is 1.15 bits per heavy atom. The van der Waals surface area contributed by atoms with Crippen molar-refractivity contribution < 1.29 is 14.4 Å². The first kappa shape index (κ1) is 16.8. The van der Waals surface area contributed by atoms with E-state index in [0.717, 1.165) is 11.1 Å². The van der Waals surface area contributed by atoms with E-state index < -0.39 is 5.91 Å². The van der Waals surface area contributed by atoms with Crippen LogP contribution in [0.1, 0.15) is 28.9 Å². The fourth-order valence-corrected chi connectivity index (χ4v) is 3.77. The van der Waals surface area contributed by atoms with E-state index in [1.807, 2.05) is 30.3 Å². The van der Waals surface area contributed by atoms with Crippen LogP contribution in [0.5, 0.6) is 0 Å². The molecule has 1 aliphatic carbocycles. The van der Waals surface area contributed by atoms with Gasteiger partial charge in [0, 0.05) is 25.0 Å². The van der Waals surface area contributed by atoms with Gasteiger partial charge in [-0.25, -0.2) is 10.5 Å². The van der Waals surface area contributed by atoms with Crippen molar-refractivity contribution in [1.29, 1.82) is 0 Å². The Bertz CT molecular complexity index is 958. The van der Waals surface area contributed by atoms with Crippen LogP contribution in [0.4, 0.5) is 0 Å². The number of halogens is 1. The molecular weight excluding hydrogens is 354 g/mol. The quantitative estimate of drug-likeness (QED) is 0.540. The van der Waals surface area contributed by atoms with Gasteiger partial charge in [-0.2, -0.15) is 0 Å². The van der Waals surface area contributed by atoms with Gasteiger partial charge in [0.2, 0.25) is 5.91 Å². The van der Waals surface area contributed by atoms with E-state index in [1.54, 1.807) is 30.9 Å². The number of hydrogen-bond acceptors (Lipinski definition) is 5. The standard InChI is InChI=1S/C19H16ClN3O3/c1-10-21-9-14(26-10)18-13(20)7-12(8-22-18)16-15(17(16)19(24)23-25)11-5-3-2-4-6-11/h2-9,15-17,25H,1H3,(H,23,24)/t15-,16-,17-/m1/s1. The molecule has 26 heavy (non-hydrogen) atoms. The Morgan fingerprint density at radius 2 is 1.88 bits per heavy atom. The number of aromatic nitrogens is 2. The van der Waals surface area contributed by atoms with Crippen LogP contribution in [0.15, 0.2) is 53.2 Å². The van der Waals surface area contributed by atoms with E-state index in [4.69, 9.17) is 21.2 Å². The van der Waals surface area contributed by atoms with Crippen molar-refractivity contribution >= 4 is 17.5 Å². The minimum Gasteiger partial charge on any atom is -0.439 e. The summed E-state index contributed by atoms with van der Waals surface area (Å²) < 4.78 is 5.48. The van der Waals surface area contributed by atoms with Crippen LogP contribution < -0.4 is 5.48 Å². The van der Waals surface area contributed by atoms with Crippen LogP contribution in [0.2, 0.25) is 5.02 Å². The highest BCUT2D eigenvalue weighted by Gasteiger charge is 2.56. The van der Waals surface area contributed by atoms with Crippen molar-refractivity contribution in [3.05, 3.63) is 70.8 Å². The summed E-state index contributed by atoms with van der Waals surface area (Å²) in [6.07, 6.45) is 3.28. The molecule has 1 aliphatic rings. The third kappa shape index (κ3) is 2.87. The Labute approximate surface area is 154 Å². The normalized spacial score (nSPS) is 21.4. The topological polar surface area (TPSA) is 88.2 Å². The molecule has 3 aromatic rings. The molecule has 2 N–H and O–H groups in total. The number of carbonyl (C=O) groups is 1. The molecule has 4 rings (SSSR count). The zero-order valence-electron chi connectivity index (χ0n) is 13.9. The molecule has 6 nitrogen and oxygen atoms in total. The monoisotopic (exact) mass is 369 g/mol. The van der Waals surface area contributed by atoms with Crippen LogP contribution in [0.3, 0.4) is 0 Å². The van der Waals surface area contributed by atoms with Gasteiger partial charge in [-0.1, -0.05) is 41.9 Å². The predicted molar refractivity (Wildman–Crippen MR) is 94.8 cm³/mol. The number of amides is 1. The van der Waals surface area contributed by atoms with Crippen LogP contribution in [-0.2, 0) is 4.79 Å². The maximum Gasteiger partial charge on any atom is 0.247 e. The summed E-state index contributed by atoms with van der Waals surface area (Å²) in [7, 11) is 0. The lowest BCUT2D eigenvalue weighted by molar-refractivity contribution is -0.130. The SMILES string of the molecule is Cc1ncc(-c2ncc([C@H]3[C@H](C(=O)NO)[C@@H]3c3ccccc3)cc2Cl)o1. The van der Waals surface area contributed by atoms with Crippen molar-refractivity contribution in [2.75, 3.05) is 0 Å². The molecule has 3 atom stereocenters. The second-order valence-electron chi connectivity index (χ2n) is 6.31. The predicted octanol–water partition coefficient (Wildman–Crippen LogP) is 3.70. The molecule has 1 fully saturated rings. The number of oxazole rings is 1. The molecular formula is C19H16ClN3O3. The largest absolute Gasteiger partial charge is 0.439 e. The first-order valence-electron chi connectivity index (χ1n) is 8.17. The number of aryl methyl sites for hydroxylation is 1. The second kappa shape index (κ2) is 6.55. The molecule has 7 heteroatoms. The van der Waals surface area contributed by atoms with E-state index in [2.05, 4.69) is 9.97 Å². The number of carbonyl (C=O) groups excluding carboxylic acids is 1. The van der Waals surface area contributed by atoms with Gasteiger partial charge < -0.3 is 4.42 Å². The molecule has 1 amide bonds. The van der Waals surface area contributed by atoms with Crippen LogP contribution in [-0.4, -0.2) is 21.1 Å². The van der Waals surface area contributed by atoms with E-state index in [-0.39, 0.29) is 17.8 Å². The first-order chi connectivity index (χ1) is 12.6. The summed E-state index contributed by atoms with van der Waals surface area (Å²) >= 11 is 6.40. The lowest BCUT2D eigenvalue weighted by Crippen LogP contribution is -2.21. The van der Waals surface area contributed by atoms with Crippen molar-refractivity contribution in [3.63, 3.8) is 0 Å². The molecule has 0 radical (unpaired) electrons. The second-order valence-corrected chi connectivity index (χ2v) is 6.71. The molecule has 2 heterocycles. The Morgan fingerprint density at radius 3 is 2.50 bits per heavy atom. The van der Waals surface area contributed by atoms with E-state index >= 15 is 0 Å². The number of rotatable bonds is 4. The highest BCUT2D eigenvalue weighted by atomic mass is 35.5. The molecule has 132 valence electrons. The number of benzene rings is 1. The average molecular weight is 370 g/mol. The highest BCUT2D eigenvalue weighted by Crippen LogP contribution is 2.60. The van der Waals surface area contributed by atoms with Crippen molar-refractivity contribution in [3.8, 4) is 11.5 Å². The summed E-state index contributed by atoms with van der Waals surface area (Å²) in [6.45, 7) is 1.75. The van der Waals surface area contributed by atoms with Gasteiger partial charge in [-0.15, -0.1) is 0 Å². The molecule has 0 spiro atoms. The van der Waals surface area contributed by atoms with E-state index in [9.17, 15) is 4.79 Å². The number of hydrogen-bond donors (Lipinski definition) is 2. The fourth-order valence-electron chi connectivity index (χ4n) is 3.50. The average Bonchev–Trinajstić information content (AvgIpc) is 3.27. The van der Waals surface area contributed by atoms with Gasteiger partial charge >= 0.3 is 0 Å². The first-order valence-corrected chi connectivity index (χ1v) is 8.55. The minimum absolute atomic E-state index is 0.0282. The fraction of sp³-hybridized carbons (Fsp3) is 0.211. The molecule has 1 aromatic carbocycles. The number of hydroxylamine groups is 1. The van der Waals surface area contributed by atoms with Gasteiger partial charge in [0.1, 0.15) is 5.69 Å². The minimum atomic E-state index is -0.407. The lowest BCUT2D eigenvalue weighted by Gasteiger charge is -2.04. The molecule has 0 bridgehead atoms. The van der Waals surface area contributed by atoms with Gasteiger partial charge in [-0.05, 0) is 17.2 Å². The van der Waals surface area contributed by atoms with Gasteiger partial charge in [0.15, 0.2) is 11.7 Å². The molecule has 2 aromatic heterocycles. The zero-order chi connectivity index (χ0) is 18.3. The molecule has 0 saturated heterocycles. The third-order valence-electron chi connectivity index (χ3n) is 4.72. The van der Waals surface area contributed by atoms with Crippen molar-refractivity contribution in [1.82, 2.24) is 15.4 Å². The Kier molecular flexibility index (Phi) is 4.22. The molecule has 1 saturated carbocycles. The number of nitrogens with zero attached hydrogens (tertiary/aromatic N) is 2. The van der Waals surface area contributed by atoms with Gasteiger partial charge in [0.25, 0.3) is 0 Å². The third-order valence-corrected chi connectivity index (χ3v) is 5.01. The van der Waals surface area contributed by atoms with E-state index in [0.29, 0.717) is 22.4 Å². The van der Waals surface area contributed by atoms with Crippen LogP contribution >= 0.6 is 11.6 Å². The summed E-state index contributed by atoms with van der Waals surface area (Å²) in [5, 5.41) is 9.49. The maximum absolute atomic E-state index is 12.1. The van der Waals surface area contributed by atoms with E-state index in [1.165, 1.54) is 0 Å². The summed E-state index contributed by atoms with van der Waals surface area (Å²) in [5.74, 6) is 0.139. The number of pyridine rings is 1. The van der Waals surface area contributed by atoms with Crippen LogP contribution in [0.25, 0.3) is 11.5 Å². The Balaban J connectivity index is 1.67. The van der Waals surface area contributed by atoms with Crippen molar-refractivity contribution in [2.24, 2.45) is 5.92 Å². The van der Waals surface area contributed by atoms with Gasteiger partial charge in [-0.3, -0.25) is 15.0 Å². The molecule has 0 unspecified atom stereocenters. The summed E-state index contributed by atoms with van der Waals surface area (Å²) in [4.78, 5) is 20.5. The zero-order valence-corrected chi connectivity index (χ0v) is 14.6. The Hall–Kier alpha value is -2.70. The highest BCUT2D eigenvalue weighted by molar-refractivity contribution is 6.33. The maximum atomic E-state index is 12.1. The smallest absolute Gasteiger partial charge is 0.247 e. The van der Waals surface area contributed by atoms with Crippen LogP contribution in [0, 0.1) is 12.8 Å². The van der Waals surface area contributed by atoms with Gasteiger partial charge in [0.05, 0.1) is 17.1 Å². The van der Waals surface area contributed by atoms with Crippen molar-refractivity contribution in [2.45, 2.75) is 18.8 Å². The molecule has 0 aliphatic heterocycles.